The van der Waals surface area contributed by atoms with E-state index in [1.54, 1.807) is 0 Å². The average molecular weight is 159 g/mol. The van der Waals surface area contributed by atoms with Gasteiger partial charge in [-0.15, -0.1) is 0 Å². The minimum atomic E-state index is -0.115. The summed E-state index contributed by atoms with van der Waals surface area (Å²) in [5.74, 6) is -0.0562. The molecule has 11 heavy (non-hydrogen) atoms. The van der Waals surface area contributed by atoms with E-state index in [1.807, 2.05) is 20.8 Å². The summed E-state index contributed by atoms with van der Waals surface area (Å²) in [7, 11) is 1.51. The van der Waals surface area contributed by atoms with E-state index in [9.17, 15) is 4.79 Å². The molecule has 0 unspecified atom stereocenters. The summed E-state index contributed by atoms with van der Waals surface area (Å²) in [6.45, 7) is 6.15. The smallest absolute Gasteiger partial charge is 0.246 e. The molecule has 0 aromatic heterocycles. The van der Waals surface area contributed by atoms with Crippen LogP contribution in [-0.4, -0.2) is 25.2 Å². The van der Waals surface area contributed by atoms with Crippen LogP contribution in [0.25, 0.3) is 0 Å². The second-order valence-corrected chi connectivity index (χ2v) is 3.22. The van der Waals surface area contributed by atoms with Gasteiger partial charge in [0.1, 0.15) is 6.61 Å². The molecule has 1 amide bonds. The fourth-order valence-electron chi connectivity index (χ4n) is 0.633. The van der Waals surface area contributed by atoms with Gasteiger partial charge in [0, 0.05) is 12.6 Å². The summed E-state index contributed by atoms with van der Waals surface area (Å²) in [5.41, 5.74) is -0.115. The van der Waals surface area contributed by atoms with Gasteiger partial charge in [0.15, 0.2) is 0 Å². The van der Waals surface area contributed by atoms with E-state index in [1.165, 1.54) is 7.11 Å². The first-order valence-electron chi connectivity index (χ1n) is 3.82. The maximum atomic E-state index is 11.0. The fraction of sp³-hybridized carbons (Fsp3) is 0.875. The Morgan fingerprint density at radius 2 is 2.09 bits per heavy atom. The van der Waals surface area contributed by atoms with Crippen molar-refractivity contribution in [3.05, 3.63) is 0 Å². The lowest BCUT2D eigenvalue weighted by Crippen LogP contribution is -2.44. The van der Waals surface area contributed by atoms with Gasteiger partial charge >= 0.3 is 0 Å². The van der Waals surface area contributed by atoms with Crippen molar-refractivity contribution >= 4 is 5.91 Å². The predicted molar refractivity (Wildman–Crippen MR) is 44.4 cm³/mol. The zero-order valence-corrected chi connectivity index (χ0v) is 7.73. The van der Waals surface area contributed by atoms with Crippen molar-refractivity contribution in [2.75, 3.05) is 13.7 Å². The minimum Gasteiger partial charge on any atom is -0.375 e. The molecule has 0 spiro atoms. The molecule has 0 aliphatic rings. The van der Waals surface area contributed by atoms with Gasteiger partial charge in [0.25, 0.3) is 0 Å². The summed E-state index contributed by atoms with van der Waals surface area (Å²) in [6, 6.07) is 0. The van der Waals surface area contributed by atoms with E-state index in [0.717, 1.165) is 6.42 Å². The summed E-state index contributed by atoms with van der Waals surface area (Å²) in [4.78, 5) is 11.0. The standard InChI is InChI=1S/C8H17NO2/c1-5-8(2,3)9-7(10)6-11-4/h5-6H2,1-4H3,(H,9,10). The number of carbonyl (C=O) groups excluding carboxylic acids is 1. The third kappa shape index (κ3) is 4.79. The average Bonchev–Trinajstić information content (AvgIpc) is 1.87. The molecule has 0 atom stereocenters. The molecule has 3 heteroatoms. The van der Waals surface area contributed by atoms with Crippen LogP contribution >= 0.6 is 0 Å². The molecule has 0 aliphatic heterocycles. The molecule has 0 aromatic rings. The summed E-state index contributed by atoms with van der Waals surface area (Å²) < 4.78 is 4.68. The molecule has 0 saturated heterocycles. The van der Waals surface area contributed by atoms with Crippen LogP contribution in [0.5, 0.6) is 0 Å². The van der Waals surface area contributed by atoms with E-state index >= 15 is 0 Å². The summed E-state index contributed by atoms with van der Waals surface area (Å²) in [6.07, 6.45) is 0.919. The molecule has 0 bridgehead atoms. The maximum absolute atomic E-state index is 11.0. The van der Waals surface area contributed by atoms with Crippen molar-refractivity contribution < 1.29 is 9.53 Å². The van der Waals surface area contributed by atoms with Crippen LogP contribution in [0.1, 0.15) is 27.2 Å². The molecular formula is C8H17NO2. The number of rotatable bonds is 4. The number of nitrogens with one attached hydrogen (secondary N) is 1. The quantitative estimate of drug-likeness (QED) is 0.663. The Morgan fingerprint density at radius 3 is 2.45 bits per heavy atom. The monoisotopic (exact) mass is 159 g/mol. The van der Waals surface area contributed by atoms with Gasteiger partial charge in [-0.1, -0.05) is 6.92 Å². The first kappa shape index (κ1) is 10.4. The van der Waals surface area contributed by atoms with Crippen molar-refractivity contribution in [3.63, 3.8) is 0 Å². The summed E-state index contributed by atoms with van der Waals surface area (Å²) >= 11 is 0. The fourth-order valence-corrected chi connectivity index (χ4v) is 0.633. The van der Waals surface area contributed by atoms with Crippen LogP contribution in [0.2, 0.25) is 0 Å². The van der Waals surface area contributed by atoms with Crippen LogP contribution in [0, 0.1) is 0 Å². The lowest BCUT2D eigenvalue weighted by atomic mass is 10.0. The van der Waals surface area contributed by atoms with Crippen LogP contribution in [0.15, 0.2) is 0 Å². The molecule has 0 radical (unpaired) electrons. The van der Waals surface area contributed by atoms with E-state index in [2.05, 4.69) is 10.1 Å². The SMILES string of the molecule is CCC(C)(C)NC(=O)COC. The normalized spacial score (nSPS) is 11.3. The third-order valence-corrected chi connectivity index (χ3v) is 1.64. The van der Waals surface area contributed by atoms with Crippen molar-refractivity contribution in [3.8, 4) is 0 Å². The molecule has 1 N–H and O–H groups in total. The first-order valence-corrected chi connectivity index (χ1v) is 3.82. The Bertz CT molecular complexity index is 132. The maximum Gasteiger partial charge on any atom is 0.246 e. The molecule has 0 saturated carbocycles. The first-order chi connectivity index (χ1) is 5.02. The van der Waals surface area contributed by atoms with E-state index in [0.29, 0.717) is 0 Å². The molecule has 0 aromatic carbocycles. The van der Waals surface area contributed by atoms with Gasteiger partial charge in [0.05, 0.1) is 0 Å². The van der Waals surface area contributed by atoms with Gasteiger partial charge < -0.3 is 10.1 Å². The van der Waals surface area contributed by atoms with Crippen LogP contribution < -0.4 is 5.32 Å². The third-order valence-electron chi connectivity index (χ3n) is 1.64. The van der Waals surface area contributed by atoms with Crippen molar-refractivity contribution in [1.82, 2.24) is 5.32 Å². The Balaban J connectivity index is 3.74. The van der Waals surface area contributed by atoms with Crippen LogP contribution in [0.4, 0.5) is 0 Å². The Labute approximate surface area is 68.1 Å². The lowest BCUT2D eigenvalue weighted by Gasteiger charge is -2.24. The van der Waals surface area contributed by atoms with Crippen molar-refractivity contribution in [2.24, 2.45) is 0 Å². The molecule has 0 rings (SSSR count). The molecule has 66 valence electrons. The number of carbonyl (C=O) groups is 1. The summed E-state index contributed by atoms with van der Waals surface area (Å²) in [5, 5.41) is 2.84. The lowest BCUT2D eigenvalue weighted by molar-refractivity contribution is -0.126. The highest BCUT2D eigenvalue weighted by molar-refractivity contribution is 5.77. The zero-order chi connectivity index (χ0) is 8.91. The van der Waals surface area contributed by atoms with E-state index < -0.39 is 0 Å². The zero-order valence-electron chi connectivity index (χ0n) is 7.73. The van der Waals surface area contributed by atoms with Crippen LogP contribution in [-0.2, 0) is 9.53 Å². The molecular weight excluding hydrogens is 142 g/mol. The highest BCUT2D eigenvalue weighted by Gasteiger charge is 2.16. The highest BCUT2D eigenvalue weighted by Crippen LogP contribution is 2.05. The van der Waals surface area contributed by atoms with Gasteiger partial charge in [-0.05, 0) is 20.3 Å². The van der Waals surface area contributed by atoms with E-state index in [4.69, 9.17) is 0 Å². The van der Waals surface area contributed by atoms with Crippen molar-refractivity contribution in [2.45, 2.75) is 32.7 Å². The van der Waals surface area contributed by atoms with E-state index in [-0.39, 0.29) is 18.1 Å². The van der Waals surface area contributed by atoms with Gasteiger partial charge in [-0.25, -0.2) is 0 Å². The molecule has 3 nitrogen and oxygen atoms in total. The van der Waals surface area contributed by atoms with Crippen LogP contribution in [0.3, 0.4) is 0 Å². The predicted octanol–water partition coefficient (Wildman–Crippen LogP) is 0.938. The number of hydrogen-bond donors (Lipinski definition) is 1. The second-order valence-electron chi connectivity index (χ2n) is 3.22. The number of methoxy groups -OCH3 is 1. The molecule has 0 heterocycles. The van der Waals surface area contributed by atoms with Gasteiger partial charge in [0.2, 0.25) is 5.91 Å². The van der Waals surface area contributed by atoms with Gasteiger partial charge in [-0.2, -0.15) is 0 Å². The highest BCUT2D eigenvalue weighted by atomic mass is 16.5. The number of hydrogen-bond acceptors (Lipinski definition) is 2. The number of amides is 1. The Kier molecular flexibility index (Phi) is 4.11. The van der Waals surface area contributed by atoms with Gasteiger partial charge in [-0.3, -0.25) is 4.79 Å². The Morgan fingerprint density at radius 1 is 1.55 bits per heavy atom. The number of ether oxygens (including phenoxy) is 1. The van der Waals surface area contributed by atoms with Crippen molar-refractivity contribution in [1.29, 1.82) is 0 Å². The molecule has 0 aliphatic carbocycles. The topological polar surface area (TPSA) is 38.3 Å². The second kappa shape index (κ2) is 4.34. The molecule has 0 fully saturated rings. The Hall–Kier alpha value is -0.570. The largest absolute Gasteiger partial charge is 0.375 e. The minimum absolute atomic E-state index is 0.0562.